The molecule has 0 bridgehead atoms. The van der Waals surface area contributed by atoms with E-state index in [1.165, 1.54) is 0 Å². The maximum atomic E-state index is 11.6. The molecular formula is C14H21IN4O. The average Bonchev–Trinajstić information content (AvgIpc) is 2.83. The first-order chi connectivity index (χ1) is 9.19. The maximum Gasteiger partial charge on any atom is 0.251 e. The molecule has 1 atom stereocenters. The minimum atomic E-state index is -0.0299. The molecule has 3 N–H and O–H groups in total. The highest BCUT2D eigenvalue weighted by Crippen LogP contribution is 2.04. The van der Waals surface area contributed by atoms with Gasteiger partial charge in [-0.15, -0.1) is 24.0 Å². The summed E-state index contributed by atoms with van der Waals surface area (Å²) in [7, 11) is 0. The van der Waals surface area contributed by atoms with Gasteiger partial charge in [-0.2, -0.15) is 0 Å². The fourth-order valence-corrected chi connectivity index (χ4v) is 1.88. The predicted molar refractivity (Wildman–Crippen MR) is 91.6 cm³/mol. The summed E-state index contributed by atoms with van der Waals surface area (Å²) >= 11 is 0. The van der Waals surface area contributed by atoms with Crippen molar-refractivity contribution in [2.45, 2.75) is 26.4 Å². The van der Waals surface area contributed by atoms with Crippen molar-refractivity contribution in [3.63, 3.8) is 0 Å². The van der Waals surface area contributed by atoms with Gasteiger partial charge < -0.3 is 16.0 Å². The Labute approximate surface area is 136 Å². The number of amides is 1. The van der Waals surface area contributed by atoms with Crippen LogP contribution in [-0.4, -0.2) is 31.0 Å². The first kappa shape index (κ1) is 16.7. The van der Waals surface area contributed by atoms with Crippen molar-refractivity contribution in [2.75, 3.05) is 13.1 Å². The van der Waals surface area contributed by atoms with Gasteiger partial charge in [-0.25, -0.2) is 0 Å². The lowest BCUT2D eigenvalue weighted by Gasteiger charge is -2.09. The van der Waals surface area contributed by atoms with E-state index >= 15 is 0 Å². The van der Waals surface area contributed by atoms with Crippen LogP contribution in [0.5, 0.6) is 0 Å². The normalized spacial score (nSPS) is 16.7. The third-order valence-corrected chi connectivity index (χ3v) is 2.92. The first-order valence-corrected chi connectivity index (χ1v) is 6.61. The van der Waals surface area contributed by atoms with Gasteiger partial charge in [0.05, 0.1) is 6.54 Å². The second kappa shape index (κ2) is 8.08. The van der Waals surface area contributed by atoms with Crippen molar-refractivity contribution in [2.24, 2.45) is 4.99 Å². The Morgan fingerprint density at radius 2 is 2.10 bits per heavy atom. The van der Waals surface area contributed by atoms with E-state index in [2.05, 4.69) is 27.9 Å². The smallest absolute Gasteiger partial charge is 0.251 e. The molecule has 1 aliphatic heterocycles. The van der Waals surface area contributed by atoms with Crippen LogP contribution in [0.2, 0.25) is 0 Å². The van der Waals surface area contributed by atoms with Gasteiger partial charge in [0, 0.05) is 24.7 Å². The number of benzene rings is 1. The highest BCUT2D eigenvalue weighted by Gasteiger charge is 2.11. The van der Waals surface area contributed by atoms with E-state index < -0.39 is 0 Å². The number of nitrogens with one attached hydrogen (secondary N) is 3. The molecule has 1 unspecified atom stereocenters. The first-order valence-electron chi connectivity index (χ1n) is 6.61. The Bertz CT molecular complexity index is 473. The zero-order chi connectivity index (χ0) is 13.7. The number of hydrogen-bond donors (Lipinski definition) is 3. The number of guanidine groups is 1. The quantitative estimate of drug-likeness (QED) is 0.685. The topological polar surface area (TPSA) is 65.5 Å². The lowest BCUT2D eigenvalue weighted by atomic mass is 10.1. The molecule has 0 fully saturated rings. The van der Waals surface area contributed by atoms with E-state index in [1.54, 1.807) is 0 Å². The summed E-state index contributed by atoms with van der Waals surface area (Å²) in [6.07, 6.45) is 0. The predicted octanol–water partition coefficient (Wildman–Crippen LogP) is 1.49. The fraction of sp³-hybridized carbons (Fsp3) is 0.429. The van der Waals surface area contributed by atoms with Gasteiger partial charge in [-0.05, 0) is 31.5 Å². The molecule has 20 heavy (non-hydrogen) atoms. The van der Waals surface area contributed by atoms with Crippen LogP contribution in [0.4, 0.5) is 0 Å². The zero-order valence-corrected chi connectivity index (χ0v) is 14.1. The lowest BCUT2D eigenvalue weighted by molar-refractivity contribution is 0.0956. The van der Waals surface area contributed by atoms with Gasteiger partial charge in [0.25, 0.3) is 5.91 Å². The molecule has 1 aromatic carbocycles. The van der Waals surface area contributed by atoms with Gasteiger partial charge in [-0.1, -0.05) is 12.1 Å². The molecular weight excluding hydrogens is 367 g/mol. The summed E-state index contributed by atoms with van der Waals surface area (Å²) in [6, 6.07) is 8.00. The molecule has 0 saturated heterocycles. The van der Waals surface area contributed by atoms with Crippen molar-refractivity contribution in [1.29, 1.82) is 0 Å². The van der Waals surface area contributed by atoms with E-state index in [9.17, 15) is 4.79 Å². The Balaban J connectivity index is 0.00000200. The Morgan fingerprint density at radius 1 is 1.40 bits per heavy atom. The Morgan fingerprint density at radius 3 is 2.65 bits per heavy atom. The molecule has 0 aliphatic carbocycles. The summed E-state index contributed by atoms with van der Waals surface area (Å²) in [5.41, 5.74) is 1.81. The monoisotopic (exact) mass is 388 g/mol. The zero-order valence-electron chi connectivity index (χ0n) is 11.8. The fourth-order valence-electron chi connectivity index (χ4n) is 1.88. The SMILES string of the molecule is CCNC(=O)c1ccc(CNC2=NCC(C)N2)cc1.I. The number of halogens is 1. The number of carbonyl (C=O) groups excluding carboxylic acids is 1. The molecule has 1 aromatic rings. The van der Waals surface area contributed by atoms with Crippen molar-refractivity contribution in [3.8, 4) is 0 Å². The number of carbonyl (C=O) groups is 1. The molecule has 5 nitrogen and oxygen atoms in total. The largest absolute Gasteiger partial charge is 0.352 e. The number of rotatable bonds is 4. The highest BCUT2D eigenvalue weighted by molar-refractivity contribution is 14.0. The Hall–Kier alpha value is -1.31. The van der Waals surface area contributed by atoms with Crippen LogP contribution >= 0.6 is 24.0 Å². The molecule has 1 amide bonds. The standard InChI is InChI=1S/C14H20N4O.HI/c1-3-15-13(19)12-6-4-11(5-7-12)9-17-14-16-8-10(2)18-14;/h4-7,10H,3,8-9H2,1-2H3,(H,15,19)(H2,16,17,18);1H. The van der Waals surface area contributed by atoms with Gasteiger partial charge >= 0.3 is 0 Å². The van der Waals surface area contributed by atoms with Gasteiger partial charge in [-0.3, -0.25) is 9.79 Å². The molecule has 0 saturated carbocycles. The summed E-state index contributed by atoms with van der Waals surface area (Å²) in [4.78, 5) is 15.9. The second-order valence-electron chi connectivity index (χ2n) is 4.64. The van der Waals surface area contributed by atoms with Crippen LogP contribution in [0.15, 0.2) is 29.3 Å². The van der Waals surface area contributed by atoms with Crippen LogP contribution < -0.4 is 16.0 Å². The van der Waals surface area contributed by atoms with Crippen LogP contribution in [-0.2, 0) is 6.54 Å². The molecule has 6 heteroatoms. The molecule has 1 aliphatic rings. The van der Waals surface area contributed by atoms with E-state index in [1.807, 2.05) is 31.2 Å². The van der Waals surface area contributed by atoms with E-state index in [-0.39, 0.29) is 29.9 Å². The second-order valence-corrected chi connectivity index (χ2v) is 4.64. The maximum absolute atomic E-state index is 11.6. The molecule has 0 aromatic heterocycles. The van der Waals surface area contributed by atoms with Crippen LogP contribution in [0.25, 0.3) is 0 Å². The average molecular weight is 388 g/mol. The summed E-state index contributed by atoms with van der Waals surface area (Å²) in [5.74, 6) is 0.818. The minimum absolute atomic E-state index is 0. The van der Waals surface area contributed by atoms with E-state index in [0.717, 1.165) is 18.1 Å². The van der Waals surface area contributed by atoms with Crippen molar-refractivity contribution in [1.82, 2.24) is 16.0 Å². The molecule has 0 spiro atoms. The van der Waals surface area contributed by atoms with Crippen molar-refractivity contribution in [3.05, 3.63) is 35.4 Å². The minimum Gasteiger partial charge on any atom is -0.352 e. The summed E-state index contributed by atoms with van der Waals surface area (Å²) < 4.78 is 0. The van der Waals surface area contributed by atoms with Crippen LogP contribution in [0, 0.1) is 0 Å². The van der Waals surface area contributed by atoms with Crippen molar-refractivity contribution < 1.29 is 4.79 Å². The van der Waals surface area contributed by atoms with Gasteiger partial charge in [0.15, 0.2) is 5.96 Å². The van der Waals surface area contributed by atoms with E-state index in [0.29, 0.717) is 24.7 Å². The third-order valence-electron chi connectivity index (χ3n) is 2.92. The van der Waals surface area contributed by atoms with Crippen molar-refractivity contribution >= 4 is 35.8 Å². The third kappa shape index (κ3) is 4.66. The highest BCUT2D eigenvalue weighted by atomic mass is 127. The lowest BCUT2D eigenvalue weighted by Crippen LogP contribution is -2.37. The molecule has 110 valence electrons. The van der Waals surface area contributed by atoms with Crippen LogP contribution in [0.1, 0.15) is 29.8 Å². The molecule has 0 radical (unpaired) electrons. The summed E-state index contributed by atoms with van der Waals surface area (Å²) in [5, 5.41) is 9.26. The Kier molecular flexibility index (Phi) is 6.77. The summed E-state index contributed by atoms with van der Waals surface area (Å²) in [6.45, 7) is 6.17. The number of aliphatic imine (C=N–C) groups is 1. The van der Waals surface area contributed by atoms with E-state index in [4.69, 9.17) is 0 Å². The molecule has 2 rings (SSSR count). The number of hydrogen-bond acceptors (Lipinski definition) is 4. The van der Waals surface area contributed by atoms with Gasteiger partial charge in [0.2, 0.25) is 0 Å². The van der Waals surface area contributed by atoms with Crippen LogP contribution in [0.3, 0.4) is 0 Å². The van der Waals surface area contributed by atoms with Gasteiger partial charge in [0.1, 0.15) is 0 Å². The molecule has 1 heterocycles. The number of nitrogens with zero attached hydrogens (tertiary/aromatic N) is 1.